The summed E-state index contributed by atoms with van der Waals surface area (Å²) < 4.78 is 2.07. The standard InChI is InChI=1S/C24H26N6/c1-16-17(2)27-24(22-12-8-9-13-25-22)28-23(16)26-14-21-18(3)29-30(19(21)4)15-20-10-6-5-7-11-20/h5-13H,14-15H2,1-4H3,(H,26,27,28). The van der Waals surface area contributed by atoms with Gasteiger partial charge in [-0.05, 0) is 45.4 Å². The molecule has 1 N–H and O–H groups in total. The van der Waals surface area contributed by atoms with E-state index in [1.807, 2.05) is 38.1 Å². The van der Waals surface area contributed by atoms with Crippen molar-refractivity contribution in [2.45, 2.75) is 40.8 Å². The molecule has 3 heterocycles. The highest BCUT2D eigenvalue weighted by atomic mass is 15.3. The second kappa shape index (κ2) is 8.45. The Morgan fingerprint density at radius 3 is 2.37 bits per heavy atom. The van der Waals surface area contributed by atoms with Crippen LogP contribution in [0, 0.1) is 27.7 Å². The van der Waals surface area contributed by atoms with Gasteiger partial charge in [0.2, 0.25) is 0 Å². The summed E-state index contributed by atoms with van der Waals surface area (Å²) in [6.45, 7) is 9.65. The van der Waals surface area contributed by atoms with Crippen molar-refractivity contribution in [2.75, 3.05) is 5.32 Å². The fourth-order valence-corrected chi connectivity index (χ4v) is 3.48. The van der Waals surface area contributed by atoms with Gasteiger partial charge in [-0.3, -0.25) is 9.67 Å². The first-order valence-electron chi connectivity index (χ1n) is 10.1. The molecule has 0 aliphatic heterocycles. The normalized spacial score (nSPS) is 10.9. The summed E-state index contributed by atoms with van der Waals surface area (Å²) in [5.74, 6) is 1.46. The molecule has 0 aliphatic rings. The van der Waals surface area contributed by atoms with Crippen molar-refractivity contribution < 1.29 is 0 Å². The van der Waals surface area contributed by atoms with Crippen molar-refractivity contribution in [3.63, 3.8) is 0 Å². The Morgan fingerprint density at radius 1 is 0.867 bits per heavy atom. The lowest BCUT2D eigenvalue weighted by atomic mass is 10.1. The minimum absolute atomic E-state index is 0.634. The van der Waals surface area contributed by atoms with Crippen LogP contribution >= 0.6 is 0 Å². The third-order valence-corrected chi connectivity index (χ3v) is 5.42. The summed E-state index contributed by atoms with van der Waals surface area (Å²) in [5, 5.41) is 8.26. The fourth-order valence-electron chi connectivity index (χ4n) is 3.48. The molecule has 0 aliphatic carbocycles. The zero-order chi connectivity index (χ0) is 21.1. The van der Waals surface area contributed by atoms with Crippen LogP contribution in [0.2, 0.25) is 0 Å². The van der Waals surface area contributed by atoms with Crippen molar-refractivity contribution in [1.29, 1.82) is 0 Å². The average molecular weight is 399 g/mol. The van der Waals surface area contributed by atoms with Gasteiger partial charge in [0.15, 0.2) is 5.82 Å². The van der Waals surface area contributed by atoms with Crippen molar-refractivity contribution in [3.8, 4) is 11.5 Å². The molecule has 0 radical (unpaired) electrons. The Balaban J connectivity index is 1.57. The summed E-state index contributed by atoms with van der Waals surface area (Å²) in [6.07, 6.45) is 1.76. The number of hydrogen-bond donors (Lipinski definition) is 1. The predicted molar refractivity (Wildman–Crippen MR) is 119 cm³/mol. The Morgan fingerprint density at radius 2 is 1.63 bits per heavy atom. The number of nitrogens with zero attached hydrogens (tertiary/aromatic N) is 5. The number of rotatable bonds is 6. The van der Waals surface area contributed by atoms with Crippen LogP contribution < -0.4 is 5.32 Å². The van der Waals surface area contributed by atoms with Crippen LogP contribution in [0.3, 0.4) is 0 Å². The van der Waals surface area contributed by atoms with Crippen LogP contribution in [0.4, 0.5) is 5.82 Å². The maximum atomic E-state index is 4.76. The van der Waals surface area contributed by atoms with E-state index in [2.05, 4.69) is 58.1 Å². The van der Waals surface area contributed by atoms with Crippen molar-refractivity contribution in [1.82, 2.24) is 24.7 Å². The first kappa shape index (κ1) is 19.8. The molecule has 0 saturated heterocycles. The summed E-state index contributed by atoms with van der Waals surface area (Å²) in [4.78, 5) is 13.7. The summed E-state index contributed by atoms with van der Waals surface area (Å²) >= 11 is 0. The molecule has 0 spiro atoms. The Labute approximate surface area is 177 Å². The number of nitrogens with one attached hydrogen (secondary N) is 1. The monoisotopic (exact) mass is 398 g/mol. The summed E-state index contributed by atoms with van der Waals surface area (Å²) in [7, 11) is 0. The first-order chi connectivity index (χ1) is 14.5. The molecule has 0 unspecified atom stereocenters. The molecule has 0 saturated carbocycles. The lowest BCUT2D eigenvalue weighted by molar-refractivity contribution is 0.658. The second-order valence-corrected chi connectivity index (χ2v) is 7.47. The molecular formula is C24H26N6. The maximum absolute atomic E-state index is 4.76. The third kappa shape index (κ3) is 4.08. The zero-order valence-corrected chi connectivity index (χ0v) is 17.8. The van der Waals surface area contributed by atoms with Gasteiger partial charge in [0.1, 0.15) is 11.5 Å². The molecule has 0 bridgehead atoms. The van der Waals surface area contributed by atoms with Crippen LogP contribution in [0.15, 0.2) is 54.7 Å². The average Bonchev–Trinajstić information content (AvgIpc) is 3.03. The van der Waals surface area contributed by atoms with E-state index in [0.29, 0.717) is 12.4 Å². The van der Waals surface area contributed by atoms with E-state index < -0.39 is 0 Å². The van der Waals surface area contributed by atoms with Gasteiger partial charge in [-0.1, -0.05) is 36.4 Å². The fraction of sp³-hybridized carbons (Fsp3) is 0.250. The van der Waals surface area contributed by atoms with Gasteiger partial charge in [-0.2, -0.15) is 5.10 Å². The van der Waals surface area contributed by atoms with Gasteiger partial charge in [0.25, 0.3) is 0 Å². The van der Waals surface area contributed by atoms with Crippen LogP contribution in [0.25, 0.3) is 11.5 Å². The van der Waals surface area contributed by atoms with Crippen LogP contribution in [0.1, 0.15) is 33.8 Å². The number of benzene rings is 1. The number of aryl methyl sites for hydroxylation is 2. The smallest absolute Gasteiger partial charge is 0.180 e. The summed E-state index contributed by atoms with van der Waals surface area (Å²) in [6, 6.07) is 16.2. The number of pyridine rings is 1. The molecule has 0 atom stereocenters. The molecule has 152 valence electrons. The maximum Gasteiger partial charge on any atom is 0.180 e. The molecule has 3 aromatic heterocycles. The van der Waals surface area contributed by atoms with Gasteiger partial charge < -0.3 is 5.32 Å². The Kier molecular flexibility index (Phi) is 5.57. The highest BCUT2D eigenvalue weighted by Crippen LogP contribution is 2.22. The summed E-state index contributed by atoms with van der Waals surface area (Å²) in [5.41, 5.74) is 7.39. The highest BCUT2D eigenvalue weighted by molar-refractivity contribution is 5.56. The van der Waals surface area contributed by atoms with E-state index in [0.717, 1.165) is 40.7 Å². The molecule has 4 aromatic rings. The molecule has 30 heavy (non-hydrogen) atoms. The molecule has 0 amide bonds. The molecule has 1 aromatic carbocycles. The Hall–Kier alpha value is -3.54. The number of anilines is 1. The van der Waals surface area contributed by atoms with Crippen LogP contribution in [-0.2, 0) is 13.1 Å². The van der Waals surface area contributed by atoms with Gasteiger partial charge in [-0.15, -0.1) is 0 Å². The molecule has 6 heteroatoms. The van der Waals surface area contributed by atoms with Crippen molar-refractivity contribution >= 4 is 5.82 Å². The second-order valence-electron chi connectivity index (χ2n) is 7.47. The lowest BCUT2D eigenvalue weighted by Crippen LogP contribution is -2.09. The minimum atomic E-state index is 0.634. The number of aromatic nitrogens is 5. The molecule has 0 fully saturated rings. The van der Waals surface area contributed by atoms with Gasteiger partial charge in [0.05, 0.1) is 12.2 Å². The highest BCUT2D eigenvalue weighted by Gasteiger charge is 2.14. The van der Waals surface area contributed by atoms with E-state index >= 15 is 0 Å². The quantitative estimate of drug-likeness (QED) is 0.513. The topological polar surface area (TPSA) is 68.5 Å². The van der Waals surface area contributed by atoms with E-state index in [4.69, 9.17) is 10.1 Å². The lowest BCUT2D eigenvalue weighted by Gasteiger charge is -2.13. The van der Waals surface area contributed by atoms with Gasteiger partial charge >= 0.3 is 0 Å². The number of hydrogen-bond acceptors (Lipinski definition) is 5. The minimum Gasteiger partial charge on any atom is -0.366 e. The van der Waals surface area contributed by atoms with Gasteiger partial charge in [-0.25, -0.2) is 9.97 Å². The SMILES string of the molecule is Cc1nc(-c2ccccn2)nc(NCc2c(C)nn(Cc3ccccc3)c2C)c1C. The Bertz CT molecular complexity index is 1150. The van der Waals surface area contributed by atoms with Crippen molar-refractivity contribution in [2.24, 2.45) is 0 Å². The first-order valence-corrected chi connectivity index (χ1v) is 10.1. The van der Waals surface area contributed by atoms with Crippen LogP contribution in [-0.4, -0.2) is 24.7 Å². The molecule has 6 nitrogen and oxygen atoms in total. The molecule has 4 rings (SSSR count). The zero-order valence-electron chi connectivity index (χ0n) is 17.8. The largest absolute Gasteiger partial charge is 0.366 e. The molecular weight excluding hydrogens is 372 g/mol. The van der Waals surface area contributed by atoms with E-state index in [1.165, 1.54) is 11.1 Å². The van der Waals surface area contributed by atoms with E-state index in [9.17, 15) is 0 Å². The van der Waals surface area contributed by atoms with Crippen molar-refractivity contribution in [3.05, 3.63) is 88.5 Å². The predicted octanol–water partition coefficient (Wildman–Crippen LogP) is 4.63. The van der Waals surface area contributed by atoms with Gasteiger partial charge in [0, 0.05) is 35.3 Å². The van der Waals surface area contributed by atoms with E-state index in [-0.39, 0.29) is 0 Å². The van der Waals surface area contributed by atoms with E-state index in [1.54, 1.807) is 6.20 Å². The third-order valence-electron chi connectivity index (χ3n) is 5.42. The van der Waals surface area contributed by atoms with Crippen LogP contribution in [0.5, 0.6) is 0 Å².